The number of thioether (sulfide) groups is 1. The van der Waals surface area contributed by atoms with Crippen molar-refractivity contribution in [3.05, 3.63) is 64.5 Å². The largest absolute Gasteiger partial charge is 0.323 e. The van der Waals surface area contributed by atoms with Crippen molar-refractivity contribution < 1.29 is 13.6 Å². The molecule has 0 fully saturated rings. The van der Waals surface area contributed by atoms with Crippen LogP contribution in [0.4, 0.5) is 14.5 Å². The molecule has 0 aliphatic heterocycles. The van der Waals surface area contributed by atoms with Gasteiger partial charge in [0, 0.05) is 12.1 Å². The van der Waals surface area contributed by atoms with Gasteiger partial charge in [-0.25, -0.2) is 13.8 Å². The highest BCUT2D eigenvalue weighted by atomic mass is 32.2. The van der Waals surface area contributed by atoms with Crippen molar-refractivity contribution >= 4 is 34.3 Å². The van der Waals surface area contributed by atoms with E-state index in [4.69, 9.17) is 0 Å². The molecule has 1 heterocycles. The van der Waals surface area contributed by atoms with Crippen molar-refractivity contribution in [1.29, 1.82) is 0 Å². The highest BCUT2D eigenvalue weighted by Crippen LogP contribution is 2.26. The summed E-state index contributed by atoms with van der Waals surface area (Å²) in [6.07, 6.45) is 0. The number of rotatable bonds is 5. The van der Waals surface area contributed by atoms with E-state index in [9.17, 15) is 18.4 Å². The van der Waals surface area contributed by atoms with Gasteiger partial charge in [0.1, 0.15) is 11.6 Å². The number of anilines is 1. The summed E-state index contributed by atoms with van der Waals surface area (Å²) in [4.78, 5) is 29.8. The van der Waals surface area contributed by atoms with Crippen LogP contribution in [0.1, 0.15) is 26.8 Å². The molecule has 1 atom stereocenters. The molecule has 0 saturated carbocycles. The lowest BCUT2D eigenvalue weighted by Crippen LogP contribution is -2.28. The summed E-state index contributed by atoms with van der Waals surface area (Å²) < 4.78 is 28.3. The summed E-state index contributed by atoms with van der Waals surface area (Å²) >= 11 is 1.11. The number of aromatic nitrogens is 2. The zero-order valence-corrected chi connectivity index (χ0v) is 16.4. The minimum atomic E-state index is -0.853. The fourth-order valence-corrected chi connectivity index (χ4v) is 3.74. The average molecular weight is 403 g/mol. The van der Waals surface area contributed by atoms with E-state index in [-0.39, 0.29) is 17.3 Å². The maximum Gasteiger partial charge on any atom is 0.262 e. The number of hydrogen-bond acceptors (Lipinski definition) is 4. The quantitative estimate of drug-likeness (QED) is 0.507. The molecule has 0 radical (unpaired) electrons. The molecule has 28 heavy (non-hydrogen) atoms. The zero-order chi connectivity index (χ0) is 20.4. The van der Waals surface area contributed by atoms with Crippen molar-refractivity contribution in [2.24, 2.45) is 0 Å². The second-order valence-electron chi connectivity index (χ2n) is 6.55. The van der Waals surface area contributed by atoms with Crippen molar-refractivity contribution in [3.8, 4) is 0 Å². The SMILES string of the molecule is CC(C)n1c(S[C@H](C)C(=O)Nc2ccc(F)cc2F)nc2ccccc2c1=O. The monoisotopic (exact) mass is 403 g/mol. The van der Waals surface area contributed by atoms with Crippen LogP contribution in [0, 0.1) is 11.6 Å². The number of carbonyl (C=O) groups is 1. The maximum atomic E-state index is 13.8. The molecule has 8 heteroatoms. The van der Waals surface area contributed by atoms with Crippen LogP contribution in [-0.4, -0.2) is 20.7 Å². The standard InChI is InChI=1S/C20H19F2N3O2S/c1-11(2)25-19(27)14-6-4-5-7-16(14)24-20(25)28-12(3)18(26)23-17-9-8-13(21)10-15(17)22/h4-12H,1-3H3,(H,23,26)/t12-/m1/s1. The number of amides is 1. The second kappa shape index (κ2) is 8.10. The summed E-state index contributed by atoms with van der Waals surface area (Å²) in [7, 11) is 0. The van der Waals surface area contributed by atoms with Gasteiger partial charge in [-0.3, -0.25) is 14.2 Å². The lowest BCUT2D eigenvalue weighted by Gasteiger charge is -2.18. The van der Waals surface area contributed by atoms with Crippen molar-refractivity contribution in [1.82, 2.24) is 9.55 Å². The second-order valence-corrected chi connectivity index (χ2v) is 7.86. The molecule has 1 N–H and O–H groups in total. The Morgan fingerprint density at radius 3 is 2.54 bits per heavy atom. The molecule has 5 nitrogen and oxygen atoms in total. The smallest absolute Gasteiger partial charge is 0.262 e. The molecule has 0 saturated heterocycles. The van der Waals surface area contributed by atoms with Crippen LogP contribution in [0.25, 0.3) is 10.9 Å². The zero-order valence-electron chi connectivity index (χ0n) is 15.6. The lowest BCUT2D eigenvalue weighted by atomic mass is 10.2. The molecular weight excluding hydrogens is 384 g/mol. The van der Waals surface area contributed by atoms with Crippen LogP contribution in [0.2, 0.25) is 0 Å². The molecule has 0 bridgehead atoms. The van der Waals surface area contributed by atoms with Crippen LogP contribution in [0.15, 0.2) is 52.4 Å². The number of hydrogen-bond donors (Lipinski definition) is 1. The first-order valence-corrected chi connectivity index (χ1v) is 9.59. The number of nitrogens with one attached hydrogen (secondary N) is 1. The number of nitrogens with zero attached hydrogens (tertiary/aromatic N) is 2. The Labute approximate surface area is 164 Å². The third-order valence-electron chi connectivity index (χ3n) is 4.13. The minimum absolute atomic E-state index is 0.105. The maximum absolute atomic E-state index is 13.8. The van der Waals surface area contributed by atoms with Gasteiger partial charge in [-0.2, -0.15) is 0 Å². The van der Waals surface area contributed by atoms with E-state index in [1.807, 2.05) is 13.8 Å². The molecule has 0 unspecified atom stereocenters. The molecule has 1 amide bonds. The van der Waals surface area contributed by atoms with E-state index in [1.165, 1.54) is 4.57 Å². The number of benzene rings is 2. The first kappa shape index (κ1) is 20.0. The number of fused-ring (bicyclic) bond motifs is 1. The predicted molar refractivity (Wildman–Crippen MR) is 107 cm³/mol. The fraction of sp³-hybridized carbons (Fsp3) is 0.250. The highest BCUT2D eigenvalue weighted by Gasteiger charge is 2.21. The third kappa shape index (κ3) is 4.06. The Bertz CT molecular complexity index is 1100. The molecule has 146 valence electrons. The topological polar surface area (TPSA) is 64.0 Å². The van der Waals surface area contributed by atoms with Gasteiger partial charge in [-0.05, 0) is 45.0 Å². The van der Waals surface area contributed by atoms with Crippen LogP contribution in [0.5, 0.6) is 0 Å². The van der Waals surface area contributed by atoms with Crippen LogP contribution in [-0.2, 0) is 4.79 Å². The Kier molecular flexibility index (Phi) is 5.79. The van der Waals surface area contributed by atoms with Gasteiger partial charge in [0.15, 0.2) is 5.16 Å². The lowest BCUT2D eigenvalue weighted by molar-refractivity contribution is -0.115. The predicted octanol–water partition coefficient (Wildman–Crippen LogP) is 4.37. The average Bonchev–Trinajstić information content (AvgIpc) is 2.63. The van der Waals surface area contributed by atoms with Gasteiger partial charge >= 0.3 is 0 Å². The van der Waals surface area contributed by atoms with Crippen molar-refractivity contribution in [2.45, 2.75) is 37.2 Å². The molecular formula is C20H19F2N3O2S. The van der Waals surface area contributed by atoms with Gasteiger partial charge in [0.05, 0.1) is 21.8 Å². The molecule has 3 aromatic rings. The van der Waals surface area contributed by atoms with Gasteiger partial charge in [0.2, 0.25) is 5.91 Å². The van der Waals surface area contributed by atoms with Crippen molar-refractivity contribution in [2.75, 3.05) is 5.32 Å². The first-order valence-electron chi connectivity index (χ1n) is 8.71. The molecule has 0 spiro atoms. The summed E-state index contributed by atoms with van der Waals surface area (Å²) in [5, 5.41) is 2.69. The Hall–Kier alpha value is -2.74. The summed E-state index contributed by atoms with van der Waals surface area (Å²) in [5.74, 6) is -2.05. The molecule has 0 aliphatic rings. The van der Waals surface area contributed by atoms with E-state index < -0.39 is 22.8 Å². The number of halogens is 2. The molecule has 0 aliphatic carbocycles. The van der Waals surface area contributed by atoms with Crippen molar-refractivity contribution in [3.63, 3.8) is 0 Å². The first-order chi connectivity index (χ1) is 13.3. The Balaban J connectivity index is 1.89. The van der Waals surface area contributed by atoms with E-state index >= 15 is 0 Å². The van der Waals surface area contributed by atoms with E-state index in [1.54, 1.807) is 31.2 Å². The van der Waals surface area contributed by atoms with E-state index in [2.05, 4.69) is 10.3 Å². The fourth-order valence-electron chi connectivity index (χ4n) is 2.70. The van der Waals surface area contributed by atoms with Gasteiger partial charge < -0.3 is 5.32 Å². The summed E-state index contributed by atoms with van der Waals surface area (Å²) in [6, 6.07) is 9.80. The summed E-state index contributed by atoms with van der Waals surface area (Å²) in [6.45, 7) is 5.36. The number of para-hydroxylation sites is 1. The van der Waals surface area contributed by atoms with Crippen LogP contribution in [0.3, 0.4) is 0 Å². The van der Waals surface area contributed by atoms with Gasteiger partial charge in [0.25, 0.3) is 5.56 Å². The molecule has 3 rings (SSSR count). The van der Waals surface area contributed by atoms with E-state index in [0.717, 1.165) is 23.9 Å². The van der Waals surface area contributed by atoms with Gasteiger partial charge in [-0.15, -0.1) is 0 Å². The summed E-state index contributed by atoms with van der Waals surface area (Å²) in [5.41, 5.74) is 0.260. The third-order valence-corrected chi connectivity index (χ3v) is 5.20. The minimum Gasteiger partial charge on any atom is -0.323 e. The van der Waals surface area contributed by atoms with Crippen LogP contribution >= 0.6 is 11.8 Å². The highest BCUT2D eigenvalue weighted by molar-refractivity contribution is 8.00. The van der Waals surface area contributed by atoms with Crippen LogP contribution < -0.4 is 10.9 Å². The Morgan fingerprint density at radius 2 is 1.86 bits per heavy atom. The molecule has 1 aromatic heterocycles. The normalized spacial score (nSPS) is 12.4. The molecule has 2 aromatic carbocycles. The Morgan fingerprint density at radius 1 is 1.14 bits per heavy atom. The number of carbonyl (C=O) groups excluding carboxylic acids is 1. The van der Waals surface area contributed by atoms with Gasteiger partial charge in [-0.1, -0.05) is 23.9 Å². The van der Waals surface area contributed by atoms with E-state index in [0.29, 0.717) is 22.1 Å².